The van der Waals surface area contributed by atoms with Crippen LogP contribution >= 0.6 is 11.6 Å². The summed E-state index contributed by atoms with van der Waals surface area (Å²) < 4.78 is 0. The second-order valence-electron chi connectivity index (χ2n) is 4.17. The Bertz CT molecular complexity index is 434. The van der Waals surface area contributed by atoms with E-state index in [4.69, 9.17) is 16.7 Å². The van der Waals surface area contributed by atoms with Crippen LogP contribution in [-0.4, -0.2) is 23.5 Å². The van der Waals surface area contributed by atoms with Gasteiger partial charge in [0.2, 0.25) is 5.91 Å². The Labute approximate surface area is 111 Å². The Hall–Kier alpha value is -1.55. The number of carboxylic acids is 1. The number of carboxylic acid groups (broad SMARTS) is 1. The second-order valence-corrected chi connectivity index (χ2v) is 4.61. The number of rotatable bonds is 6. The SMILES string of the molecule is C[C@@H](Cc1cccc(Cl)c1)C(=O)NCCC(=O)O. The lowest BCUT2D eigenvalue weighted by molar-refractivity contribution is -0.137. The maximum atomic E-state index is 11.7. The fraction of sp³-hybridized carbons (Fsp3) is 0.385. The predicted octanol–water partition coefficient (Wildman–Crippen LogP) is 2.11. The predicted molar refractivity (Wildman–Crippen MR) is 69.6 cm³/mol. The van der Waals surface area contributed by atoms with Gasteiger partial charge < -0.3 is 10.4 Å². The van der Waals surface area contributed by atoms with Crippen LogP contribution in [0.2, 0.25) is 5.02 Å². The molecule has 2 N–H and O–H groups in total. The highest BCUT2D eigenvalue weighted by Crippen LogP contribution is 2.14. The summed E-state index contributed by atoms with van der Waals surface area (Å²) in [6.45, 7) is 1.96. The van der Waals surface area contributed by atoms with E-state index >= 15 is 0 Å². The molecule has 5 heteroatoms. The minimum Gasteiger partial charge on any atom is -0.481 e. The third-order valence-corrected chi connectivity index (χ3v) is 2.75. The van der Waals surface area contributed by atoms with Crippen LogP contribution in [0.3, 0.4) is 0 Å². The first-order valence-corrected chi connectivity index (χ1v) is 6.11. The highest BCUT2D eigenvalue weighted by Gasteiger charge is 2.13. The average Bonchev–Trinajstić information content (AvgIpc) is 2.28. The van der Waals surface area contributed by atoms with Crippen molar-refractivity contribution in [2.24, 2.45) is 5.92 Å². The van der Waals surface area contributed by atoms with Crippen molar-refractivity contribution in [1.82, 2.24) is 5.32 Å². The van der Waals surface area contributed by atoms with Crippen molar-refractivity contribution < 1.29 is 14.7 Å². The minimum atomic E-state index is -0.919. The van der Waals surface area contributed by atoms with Gasteiger partial charge in [-0.2, -0.15) is 0 Å². The molecule has 0 aliphatic heterocycles. The summed E-state index contributed by atoms with van der Waals surface area (Å²) in [5, 5.41) is 11.7. The molecule has 0 unspecified atom stereocenters. The fourth-order valence-electron chi connectivity index (χ4n) is 1.58. The number of nitrogens with one attached hydrogen (secondary N) is 1. The number of hydrogen-bond acceptors (Lipinski definition) is 2. The van der Waals surface area contributed by atoms with Gasteiger partial charge in [0.1, 0.15) is 0 Å². The van der Waals surface area contributed by atoms with Crippen LogP contribution in [0.1, 0.15) is 18.9 Å². The molecule has 1 aromatic rings. The van der Waals surface area contributed by atoms with Crippen LogP contribution in [-0.2, 0) is 16.0 Å². The first kappa shape index (κ1) is 14.5. The van der Waals surface area contributed by atoms with Crippen LogP contribution in [0.15, 0.2) is 24.3 Å². The van der Waals surface area contributed by atoms with E-state index < -0.39 is 5.97 Å². The molecule has 0 saturated carbocycles. The normalized spacial score (nSPS) is 11.9. The van der Waals surface area contributed by atoms with Crippen LogP contribution in [0.5, 0.6) is 0 Å². The molecule has 0 bridgehead atoms. The van der Waals surface area contributed by atoms with Gasteiger partial charge in [0.05, 0.1) is 6.42 Å². The van der Waals surface area contributed by atoms with Crippen LogP contribution in [0.4, 0.5) is 0 Å². The Morgan fingerprint density at radius 3 is 2.78 bits per heavy atom. The van der Waals surface area contributed by atoms with E-state index in [2.05, 4.69) is 5.32 Å². The quantitative estimate of drug-likeness (QED) is 0.831. The van der Waals surface area contributed by atoms with Crippen molar-refractivity contribution in [2.75, 3.05) is 6.54 Å². The Morgan fingerprint density at radius 2 is 2.17 bits per heavy atom. The lowest BCUT2D eigenvalue weighted by atomic mass is 10.0. The van der Waals surface area contributed by atoms with Gasteiger partial charge in [-0.1, -0.05) is 30.7 Å². The molecule has 0 aliphatic rings. The molecule has 0 heterocycles. The molecule has 1 rings (SSSR count). The van der Waals surface area contributed by atoms with Gasteiger partial charge in [-0.25, -0.2) is 0 Å². The van der Waals surface area contributed by atoms with Crippen molar-refractivity contribution in [1.29, 1.82) is 0 Å². The lowest BCUT2D eigenvalue weighted by Gasteiger charge is -2.11. The summed E-state index contributed by atoms with van der Waals surface area (Å²) in [6, 6.07) is 7.35. The number of carbonyl (C=O) groups excluding carboxylic acids is 1. The maximum Gasteiger partial charge on any atom is 0.305 e. The molecule has 1 aromatic carbocycles. The van der Waals surface area contributed by atoms with Crippen LogP contribution in [0, 0.1) is 5.92 Å². The van der Waals surface area contributed by atoms with E-state index in [1.807, 2.05) is 18.2 Å². The third kappa shape index (κ3) is 5.19. The second kappa shape index (κ2) is 7.01. The zero-order chi connectivity index (χ0) is 13.5. The van der Waals surface area contributed by atoms with E-state index in [0.29, 0.717) is 11.4 Å². The van der Waals surface area contributed by atoms with Crippen molar-refractivity contribution in [3.63, 3.8) is 0 Å². The molecule has 1 amide bonds. The third-order valence-electron chi connectivity index (χ3n) is 2.52. The molecule has 98 valence electrons. The van der Waals surface area contributed by atoms with Crippen LogP contribution in [0.25, 0.3) is 0 Å². The number of hydrogen-bond donors (Lipinski definition) is 2. The van der Waals surface area contributed by atoms with E-state index in [0.717, 1.165) is 5.56 Å². The van der Waals surface area contributed by atoms with Crippen molar-refractivity contribution in [2.45, 2.75) is 19.8 Å². The first-order chi connectivity index (χ1) is 8.49. The van der Waals surface area contributed by atoms with Crippen molar-refractivity contribution >= 4 is 23.5 Å². The molecule has 0 aliphatic carbocycles. The molecule has 4 nitrogen and oxygen atoms in total. The van der Waals surface area contributed by atoms with E-state index in [9.17, 15) is 9.59 Å². The molecule has 0 aromatic heterocycles. The monoisotopic (exact) mass is 269 g/mol. The Balaban J connectivity index is 2.42. The van der Waals surface area contributed by atoms with Gasteiger partial charge in [0.15, 0.2) is 0 Å². The molecule has 0 fully saturated rings. The van der Waals surface area contributed by atoms with Gasteiger partial charge in [0.25, 0.3) is 0 Å². The maximum absolute atomic E-state index is 11.7. The molecule has 1 atom stereocenters. The topological polar surface area (TPSA) is 66.4 Å². The van der Waals surface area contributed by atoms with Gasteiger partial charge in [-0.05, 0) is 24.1 Å². The fourth-order valence-corrected chi connectivity index (χ4v) is 1.79. The molecule has 18 heavy (non-hydrogen) atoms. The minimum absolute atomic E-state index is 0.0599. The largest absolute Gasteiger partial charge is 0.481 e. The number of amides is 1. The van der Waals surface area contributed by atoms with E-state index in [1.165, 1.54) is 0 Å². The Kier molecular flexibility index (Phi) is 5.65. The van der Waals surface area contributed by atoms with Gasteiger partial charge in [-0.3, -0.25) is 9.59 Å². The first-order valence-electron chi connectivity index (χ1n) is 5.73. The number of halogens is 1. The highest BCUT2D eigenvalue weighted by molar-refractivity contribution is 6.30. The highest BCUT2D eigenvalue weighted by atomic mass is 35.5. The lowest BCUT2D eigenvalue weighted by Crippen LogP contribution is -2.31. The summed E-state index contributed by atoms with van der Waals surface area (Å²) in [6.07, 6.45) is 0.523. The number of benzene rings is 1. The average molecular weight is 270 g/mol. The van der Waals surface area contributed by atoms with Crippen molar-refractivity contribution in [3.05, 3.63) is 34.9 Å². The van der Waals surface area contributed by atoms with Gasteiger partial charge in [-0.15, -0.1) is 0 Å². The number of carbonyl (C=O) groups is 2. The summed E-state index contributed by atoms with van der Waals surface area (Å²) >= 11 is 5.86. The number of aliphatic carboxylic acids is 1. The van der Waals surface area contributed by atoms with E-state index in [-0.39, 0.29) is 24.8 Å². The standard InChI is InChI=1S/C13H16ClNO3/c1-9(13(18)15-6-5-12(16)17)7-10-3-2-4-11(14)8-10/h2-4,8-9H,5-7H2,1H3,(H,15,18)(H,16,17)/t9-/m0/s1. The summed E-state index contributed by atoms with van der Waals surface area (Å²) in [4.78, 5) is 22.0. The smallest absolute Gasteiger partial charge is 0.305 e. The van der Waals surface area contributed by atoms with Crippen molar-refractivity contribution in [3.8, 4) is 0 Å². The molecule has 0 radical (unpaired) electrons. The molecular formula is C13H16ClNO3. The zero-order valence-corrected chi connectivity index (χ0v) is 10.9. The zero-order valence-electron chi connectivity index (χ0n) is 10.1. The van der Waals surface area contributed by atoms with Gasteiger partial charge in [0, 0.05) is 17.5 Å². The summed E-state index contributed by atoms with van der Waals surface area (Å²) in [5.41, 5.74) is 0.989. The van der Waals surface area contributed by atoms with Crippen LogP contribution < -0.4 is 5.32 Å². The Morgan fingerprint density at radius 1 is 1.44 bits per heavy atom. The molecule has 0 saturated heterocycles. The summed E-state index contributed by atoms with van der Waals surface area (Å²) in [5.74, 6) is -1.27. The van der Waals surface area contributed by atoms with Gasteiger partial charge >= 0.3 is 5.97 Å². The summed E-state index contributed by atoms with van der Waals surface area (Å²) in [7, 11) is 0. The molecular weight excluding hydrogens is 254 g/mol. The molecule has 0 spiro atoms. The van der Waals surface area contributed by atoms with E-state index in [1.54, 1.807) is 13.0 Å².